The van der Waals surface area contributed by atoms with Crippen LogP contribution < -0.4 is 0 Å². The topological polar surface area (TPSA) is 0 Å². The Labute approximate surface area is 127 Å². The fraction of sp³-hybridized carbons (Fsp3) is 0.400. The molecule has 21 heavy (non-hydrogen) atoms. The average molecular weight is 282 g/mol. The van der Waals surface area contributed by atoms with E-state index in [4.69, 9.17) is 0 Å². The van der Waals surface area contributed by atoms with Crippen molar-refractivity contribution in [2.75, 3.05) is 0 Å². The summed E-state index contributed by atoms with van der Waals surface area (Å²) in [6.07, 6.45) is 5.85. The van der Waals surface area contributed by atoms with E-state index in [9.17, 15) is 4.39 Å². The zero-order valence-electron chi connectivity index (χ0n) is 13.0. The van der Waals surface area contributed by atoms with Crippen molar-refractivity contribution in [2.45, 2.75) is 46.0 Å². The lowest BCUT2D eigenvalue weighted by Gasteiger charge is -2.12. The standard InChI is InChI=1S/C20H23F/c1-15-13-17(9-6-10-20(2)11-12-20)19(21)18(14-15)16-7-4-3-5-8-16/h3-5,7-8,13-14H,6,9-12H2,1-2H3. The maximum atomic E-state index is 14.8. The number of hydrogen-bond acceptors (Lipinski definition) is 0. The van der Waals surface area contributed by atoms with E-state index in [0.29, 0.717) is 5.41 Å². The Hall–Kier alpha value is -1.63. The molecule has 0 radical (unpaired) electrons. The molecular formula is C20H23F. The summed E-state index contributed by atoms with van der Waals surface area (Å²) in [7, 11) is 0. The van der Waals surface area contributed by atoms with Gasteiger partial charge in [0.2, 0.25) is 0 Å². The number of rotatable bonds is 5. The minimum Gasteiger partial charge on any atom is -0.206 e. The van der Waals surface area contributed by atoms with Crippen molar-refractivity contribution in [1.82, 2.24) is 0 Å². The van der Waals surface area contributed by atoms with Crippen molar-refractivity contribution in [2.24, 2.45) is 5.41 Å². The van der Waals surface area contributed by atoms with Crippen LogP contribution in [0.5, 0.6) is 0 Å². The van der Waals surface area contributed by atoms with Crippen molar-refractivity contribution in [3.05, 3.63) is 59.4 Å². The first-order valence-corrected chi connectivity index (χ1v) is 7.92. The first-order chi connectivity index (χ1) is 10.1. The predicted octanol–water partition coefficient (Wildman–Crippen LogP) is 5.92. The Morgan fingerprint density at radius 1 is 1.10 bits per heavy atom. The summed E-state index contributed by atoms with van der Waals surface area (Å²) in [5, 5.41) is 0. The second-order valence-corrected chi connectivity index (χ2v) is 6.82. The molecule has 0 nitrogen and oxygen atoms in total. The van der Waals surface area contributed by atoms with E-state index in [1.54, 1.807) is 0 Å². The van der Waals surface area contributed by atoms with Crippen LogP contribution in [0.3, 0.4) is 0 Å². The monoisotopic (exact) mass is 282 g/mol. The highest BCUT2D eigenvalue weighted by Gasteiger charge is 2.36. The van der Waals surface area contributed by atoms with E-state index in [0.717, 1.165) is 35.1 Å². The van der Waals surface area contributed by atoms with E-state index in [1.807, 2.05) is 42.5 Å². The van der Waals surface area contributed by atoms with Crippen molar-refractivity contribution < 1.29 is 4.39 Å². The quantitative estimate of drug-likeness (QED) is 0.638. The molecule has 1 fully saturated rings. The molecule has 1 aliphatic rings. The summed E-state index contributed by atoms with van der Waals surface area (Å²) in [4.78, 5) is 0. The SMILES string of the molecule is Cc1cc(CCCC2(C)CC2)c(F)c(-c2ccccc2)c1. The average Bonchev–Trinajstić information content (AvgIpc) is 3.21. The second-order valence-electron chi connectivity index (χ2n) is 6.82. The van der Waals surface area contributed by atoms with Crippen molar-refractivity contribution >= 4 is 0 Å². The van der Waals surface area contributed by atoms with Crippen molar-refractivity contribution in [3.8, 4) is 11.1 Å². The van der Waals surface area contributed by atoms with Gasteiger partial charge in [-0.2, -0.15) is 0 Å². The number of hydrogen-bond donors (Lipinski definition) is 0. The first kappa shape index (κ1) is 14.3. The highest BCUT2D eigenvalue weighted by atomic mass is 19.1. The Balaban J connectivity index is 1.82. The van der Waals surface area contributed by atoms with Gasteiger partial charge in [-0.3, -0.25) is 0 Å². The molecule has 110 valence electrons. The summed E-state index contributed by atoms with van der Waals surface area (Å²) in [5.41, 5.74) is 4.28. The molecule has 0 aromatic heterocycles. The van der Waals surface area contributed by atoms with Gasteiger partial charge in [-0.15, -0.1) is 0 Å². The lowest BCUT2D eigenvalue weighted by atomic mass is 9.94. The molecule has 1 heteroatoms. The van der Waals surface area contributed by atoms with Crippen LogP contribution in [0.15, 0.2) is 42.5 Å². The lowest BCUT2D eigenvalue weighted by Crippen LogP contribution is -1.99. The molecule has 0 atom stereocenters. The van der Waals surface area contributed by atoms with Crippen LogP contribution in [0, 0.1) is 18.2 Å². The minimum absolute atomic E-state index is 0.0345. The fourth-order valence-corrected chi connectivity index (χ4v) is 3.02. The molecule has 0 amide bonds. The zero-order chi connectivity index (χ0) is 14.9. The van der Waals surface area contributed by atoms with E-state index in [-0.39, 0.29) is 5.82 Å². The molecule has 0 N–H and O–H groups in total. The van der Waals surface area contributed by atoms with Gasteiger partial charge in [0.05, 0.1) is 0 Å². The Kier molecular flexibility index (Phi) is 3.84. The van der Waals surface area contributed by atoms with Gasteiger partial charge < -0.3 is 0 Å². The molecule has 2 aromatic rings. The van der Waals surface area contributed by atoms with Gasteiger partial charge in [-0.05, 0) is 61.6 Å². The van der Waals surface area contributed by atoms with E-state index in [1.165, 1.54) is 19.3 Å². The molecule has 0 unspecified atom stereocenters. The molecule has 1 saturated carbocycles. The molecule has 0 saturated heterocycles. The third-order valence-electron chi connectivity index (χ3n) is 4.71. The summed E-state index contributed by atoms with van der Waals surface area (Å²) in [5.74, 6) is -0.0345. The van der Waals surface area contributed by atoms with Gasteiger partial charge in [0.25, 0.3) is 0 Å². The molecule has 0 aliphatic heterocycles. The van der Waals surface area contributed by atoms with Gasteiger partial charge in [0.15, 0.2) is 0 Å². The van der Waals surface area contributed by atoms with Crippen molar-refractivity contribution in [3.63, 3.8) is 0 Å². The van der Waals surface area contributed by atoms with Gasteiger partial charge in [-0.25, -0.2) is 4.39 Å². The van der Waals surface area contributed by atoms with Crippen LogP contribution >= 0.6 is 0 Å². The molecule has 3 rings (SSSR count). The summed E-state index contributed by atoms with van der Waals surface area (Å²) in [6, 6.07) is 13.8. The Morgan fingerprint density at radius 2 is 1.81 bits per heavy atom. The van der Waals surface area contributed by atoms with Crippen LogP contribution in [0.4, 0.5) is 4.39 Å². The third-order valence-corrected chi connectivity index (χ3v) is 4.71. The molecule has 1 aliphatic carbocycles. The maximum absolute atomic E-state index is 14.8. The van der Waals surface area contributed by atoms with Crippen LogP contribution in [0.25, 0.3) is 11.1 Å². The molecule has 0 heterocycles. The van der Waals surface area contributed by atoms with Gasteiger partial charge in [0, 0.05) is 5.56 Å². The van der Waals surface area contributed by atoms with Crippen molar-refractivity contribution in [1.29, 1.82) is 0 Å². The van der Waals surface area contributed by atoms with Gasteiger partial charge >= 0.3 is 0 Å². The highest BCUT2D eigenvalue weighted by Crippen LogP contribution is 2.49. The highest BCUT2D eigenvalue weighted by molar-refractivity contribution is 5.66. The largest absolute Gasteiger partial charge is 0.206 e. The normalized spacial score (nSPS) is 16.0. The fourth-order valence-electron chi connectivity index (χ4n) is 3.02. The lowest BCUT2D eigenvalue weighted by molar-refractivity contribution is 0.489. The second kappa shape index (κ2) is 5.63. The van der Waals surface area contributed by atoms with E-state index in [2.05, 4.69) is 13.8 Å². The van der Waals surface area contributed by atoms with E-state index < -0.39 is 0 Å². The number of benzene rings is 2. The predicted molar refractivity (Wildman–Crippen MR) is 86.9 cm³/mol. The Morgan fingerprint density at radius 3 is 2.48 bits per heavy atom. The molecule has 2 aromatic carbocycles. The number of aryl methyl sites for hydroxylation is 2. The van der Waals surface area contributed by atoms with Crippen LogP contribution in [-0.4, -0.2) is 0 Å². The molecule has 0 spiro atoms. The maximum Gasteiger partial charge on any atom is 0.134 e. The summed E-state index contributed by atoms with van der Waals surface area (Å²) < 4.78 is 14.8. The molecule has 0 bridgehead atoms. The smallest absolute Gasteiger partial charge is 0.134 e. The molecular weight excluding hydrogens is 259 g/mol. The number of halogens is 1. The van der Waals surface area contributed by atoms with Crippen LogP contribution in [0.2, 0.25) is 0 Å². The third kappa shape index (κ3) is 3.34. The van der Waals surface area contributed by atoms with Gasteiger partial charge in [-0.1, -0.05) is 48.9 Å². The van der Waals surface area contributed by atoms with Crippen LogP contribution in [-0.2, 0) is 6.42 Å². The minimum atomic E-state index is -0.0345. The summed E-state index contributed by atoms with van der Waals surface area (Å²) >= 11 is 0. The zero-order valence-corrected chi connectivity index (χ0v) is 13.0. The first-order valence-electron chi connectivity index (χ1n) is 7.92. The van der Waals surface area contributed by atoms with E-state index >= 15 is 0 Å². The van der Waals surface area contributed by atoms with Gasteiger partial charge in [0.1, 0.15) is 5.82 Å². The summed E-state index contributed by atoms with van der Waals surface area (Å²) in [6.45, 7) is 4.40. The Bertz CT molecular complexity index is 624. The van der Waals surface area contributed by atoms with Crippen LogP contribution in [0.1, 0.15) is 43.7 Å².